The van der Waals surface area contributed by atoms with Crippen LogP contribution in [0.15, 0.2) is 48.6 Å². The molecule has 3 aromatic rings. The number of aliphatic hydroxyl groups is 3. The second-order valence-electron chi connectivity index (χ2n) is 18.5. The van der Waals surface area contributed by atoms with Crippen molar-refractivity contribution < 1.29 is 39.7 Å². The lowest BCUT2D eigenvalue weighted by Crippen LogP contribution is -2.34. The minimum Gasteiger partial charge on any atom is -0.508 e. The summed E-state index contributed by atoms with van der Waals surface area (Å²) in [5, 5.41) is 54.2. The maximum atomic E-state index is 12.1. The number of aromatic hydroxyl groups is 2. The van der Waals surface area contributed by atoms with Crippen LogP contribution in [-0.2, 0) is 19.3 Å². The van der Waals surface area contributed by atoms with Crippen molar-refractivity contribution in [2.24, 2.45) is 35.5 Å². The van der Waals surface area contributed by atoms with Crippen LogP contribution in [0.5, 0.6) is 28.7 Å². The maximum Gasteiger partial charge on any atom is 0.161 e. The van der Waals surface area contributed by atoms with Gasteiger partial charge in [0.25, 0.3) is 0 Å². The highest BCUT2D eigenvalue weighted by Gasteiger charge is 2.42. The fourth-order valence-electron chi connectivity index (χ4n) is 10.9. The predicted molar refractivity (Wildman–Crippen MR) is 229 cm³/mol. The maximum absolute atomic E-state index is 12.1. The van der Waals surface area contributed by atoms with Gasteiger partial charge in [0.05, 0.1) is 19.3 Å². The molecule has 1 heterocycles. The Morgan fingerprint density at radius 1 is 0.914 bits per heavy atom. The summed E-state index contributed by atoms with van der Waals surface area (Å²) in [6, 6.07) is 11.3. The van der Waals surface area contributed by atoms with Crippen molar-refractivity contribution in [3.8, 4) is 39.9 Å². The van der Waals surface area contributed by atoms with Crippen LogP contribution >= 0.6 is 0 Å². The van der Waals surface area contributed by atoms with E-state index in [9.17, 15) is 25.5 Å². The molecule has 3 aliphatic carbocycles. The van der Waals surface area contributed by atoms with Crippen LogP contribution < -0.4 is 14.2 Å². The number of hydrogen-bond donors (Lipinski definition) is 5. The second-order valence-corrected chi connectivity index (χ2v) is 18.5. The number of ether oxygens (including phenoxy) is 3. The Kier molecular flexibility index (Phi) is 13.7. The molecule has 0 spiro atoms. The minimum absolute atomic E-state index is 0.0421. The molecule has 9 atom stereocenters. The number of benzene rings is 3. The molecule has 4 aliphatic rings. The molecule has 1 saturated carbocycles. The number of hydrogen-bond acceptors (Lipinski definition) is 8. The summed E-state index contributed by atoms with van der Waals surface area (Å²) in [7, 11) is 1.71. The molecule has 58 heavy (non-hydrogen) atoms. The highest BCUT2D eigenvalue weighted by molar-refractivity contribution is 5.83. The molecule has 0 radical (unpaired) electrons. The van der Waals surface area contributed by atoms with Gasteiger partial charge in [-0.05, 0) is 145 Å². The van der Waals surface area contributed by atoms with Gasteiger partial charge in [-0.25, -0.2) is 0 Å². The summed E-state index contributed by atoms with van der Waals surface area (Å²) in [5.74, 6) is 4.25. The van der Waals surface area contributed by atoms with Gasteiger partial charge in [-0.15, -0.1) is 0 Å². The molecule has 5 N–H and O–H groups in total. The monoisotopic (exact) mass is 796 g/mol. The molecule has 316 valence electrons. The topological polar surface area (TPSA) is 129 Å². The number of aliphatic hydroxyl groups excluding tert-OH is 3. The van der Waals surface area contributed by atoms with E-state index >= 15 is 0 Å². The lowest BCUT2D eigenvalue weighted by Gasteiger charge is -2.43. The summed E-state index contributed by atoms with van der Waals surface area (Å²) < 4.78 is 19.5. The Morgan fingerprint density at radius 3 is 2.48 bits per heavy atom. The van der Waals surface area contributed by atoms with E-state index in [2.05, 4.69) is 45.9 Å². The van der Waals surface area contributed by atoms with Crippen LogP contribution in [0.25, 0.3) is 11.1 Å². The fourth-order valence-corrected chi connectivity index (χ4v) is 10.9. The van der Waals surface area contributed by atoms with E-state index in [-0.39, 0.29) is 42.8 Å². The number of allylic oxidation sites excluding steroid dienone is 2. The first-order valence-corrected chi connectivity index (χ1v) is 22.4. The highest BCUT2D eigenvalue weighted by atomic mass is 16.5. The number of fused-ring (bicyclic) bond motifs is 5. The first kappa shape index (κ1) is 42.4. The number of phenols is 2. The molecular weight excluding hydrogens is 729 g/mol. The van der Waals surface area contributed by atoms with E-state index in [1.807, 2.05) is 12.1 Å². The van der Waals surface area contributed by atoms with Crippen molar-refractivity contribution in [3.05, 3.63) is 76.4 Å². The van der Waals surface area contributed by atoms with Crippen LogP contribution in [-0.4, -0.2) is 58.1 Å². The Morgan fingerprint density at radius 2 is 1.74 bits per heavy atom. The Labute approximate surface area is 346 Å². The third-order valence-corrected chi connectivity index (χ3v) is 13.9. The zero-order valence-electron chi connectivity index (χ0n) is 35.5. The Bertz CT molecular complexity index is 1900. The van der Waals surface area contributed by atoms with Crippen molar-refractivity contribution in [3.63, 3.8) is 0 Å². The molecule has 3 aromatic carbocycles. The third-order valence-electron chi connectivity index (χ3n) is 13.9. The molecule has 8 nitrogen and oxygen atoms in total. The Balaban J connectivity index is 1.29. The number of unbranched alkanes of at least 4 members (excludes halogenated alkanes) is 2. The molecule has 0 amide bonds. The predicted octanol–water partition coefficient (Wildman–Crippen LogP) is 9.99. The average molecular weight is 797 g/mol. The van der Waals surface area contributed by atoms with Crippen LogP contribution in [0.1, 0.15) is 132 Å². The van der Waals surface area contributed by atoms with Crippen molar-refractivity contribution in [1.29, 1.82) is 0 Å². The van der Waals surface area contributed by atoms with Crippen molar-refractivity contribution in [2.75, 3.05) is 20.3 Å². The summed E-state index contributed by atoms with van der Waals surface area (Å²) in [6.45, 7) is 9.29. The van der Waals surface area contributed by atoms with E-state index in [1.165, 1.54) is 31.2 Å². The smallest absolute Gasteiger partial charge is 0.161 e. The second kappa shape index (κ2) is 18.7. The van der Waals surface area contributed by atoms with Gasteiger partial charge in [0.15, 0.2) is 11.5 Å². The van der Waals surface area contributed by atoms with Gasteiger partial charge in [0.1, 0.15) is 23.4 Å². The van der Waals surface area contributed by atoms with Crippen molar-refractivity contribution in [1.82, 2.24) is 0 Å². The summed E-state index contributed by atoms with van der Waals surface area (Å²) in [5.41, 5.74) is 7.01. The molecule has 1 fully saturated rings. The largest absolute Gasteiger partial charge is 0.508 e. The van der Waals surface area contributed by atoms with Gasteiger partial charge >= 0.3 is 0 Å². The molecule has 8 heteroatoms. The van der Waals surface area contributed by atoms with E-state index < -0.39 is 12.2 Å². The molecule has 1 aliphatic heterocycles. The number of methoxy groups -OCH3 is 1. The fraction of sp³-hybridized carbons (Fsp3) is 0.600. The molecule has 0 bridgehead atoms. The summed E-state index contributed by atoms with van der Waals surface area (Å²) in [6.07, 6.45) is 15.1. The lowest BCUT2D eigenvalue weighted by atomic mass is 9.63. The number of rotatable bonds is 15. The van der Waals surface area contributed by atoms with Gasteiger partial charge in [-0.3, -0.25) is 0 Å². The van der Waals surface area contributed by atoms with E-state index in [4.69, 9.17) is 14.2 Å². The highest BCUT2D eigenvalue weighted by Crippen LogP contribution is 2.56. The zero-order chi connectivity index (χ0) is 41.1. The first-order chi connectivity index (χ1) is 28.0. The first-order valence-electron chi connectivity index (χ1n) is 22.4. The third kappa shape index (κ3) is 8.90. The Hall–Kier alpha value is -3.72. The van der Waals surface area contributed by atoms with Gasteiger partial charge in [-0.1, -0.05) is 71.6 Å². The average Bonchev–Trinajstić information content (AvgIpc) is 3.21. The van der Waals surface area contributed by atoms with Gasteiger partial charge < -0.3 is 39.7 Å². The molecule has 0 aromatic heterocycles. The molecule has 0 saturated heterocycles. The minimum atomic E-state index is -0.864. The number of phenolic OH excluding ortho intramolecular Hbond substituents is 2. The molecular formula is C50H68O8. The van der Waals surface area contributed by atoms with Crippen LogP contribution in [0.4, 0.5) is 0 Å². The SMILES string of the molecule is CCCCCC(C)C1CC(C2Cc3cc(O)c(CC(C)C)cc3-c3c(OC)cc4c(c32)CC(O)C(c2ccc(O)c(OC3CCCC(CO)C3)c2)O4)C=CC1CCO. The van der Waals surface area contributed by atoms with Gasteiger partial charge in [0.2, 0.25) is 0 Å². The van der Waals surface area contributed by atoms with E-state index in [1.54, 1.807) is 25.3 Å². The molecule has 7 rings (SSSR count). The quantitative estimate of drug-likeness (QED) is 0.0760. The van der Waals surface area contributed by atoms with Crippen LogP contribution in [0.2, 0.25) is 0 Å². The van der Waals surface area contributed by atoms with Crippen LogP contribution in [0, 0.1) is 35.5 Å². The van der Waals surface area contributed by atoms with E-state index in [0.717, 1.165) is 84.7 Å². The lowest BCUT2D eigenvalue weighted by molar-refractivity contribution is 0.0197. The van der Waals surface area contributed by atoms with Crippen LogP contribution in [0.3, 0.4) is 0 Å². The summed E-state index contributed by atoms with van der Waals surface area (Å²) >= 11 is 0. The summed E-state index contributed by atoms with van der Waals surface area (Å²) in [4.78, 5) is 0. The zero-order valence-corrected chi connectivity index (χ0v) is 35.5. The van der Waals surface area contributed by atoms with Crippen molar-refractivity contribution in [2.45, 2.75) is 135 Å². The van der Waals surface area contributed by atoms with Crippen molar-refractivity contribution >= 4 is 0 Å². The van der Waals surface area contributed by atoms with E-state index in [0.29, 0.717) is 53.1 Å². The standard InChI is InChI=1S/C50H68O8/c1-6-7-8-10-30(4)38-21-33(14-13-32(38)17-18-51)39-22-35-24-43(54)36(19-29(2)3)23-40(35)49-47(56-5)27-45-41(48(39)49)26-44(55)50(58-45)34-15-16-42(53)46(25-34)57-37-12-9-11-31(20-37)28-52/h13-16,23-25,27,29-33,37-39,44,50-55H,6-12,17-22,26,28H2,1-5H3. The normalized spacial score (nSPS) is 27.0. The molecule has 9 unspecified atom stereocenters. The van der Waals surface area contributed by atoms with Gasteiger partial charge in [0, 0.05) is 36.8 Å². The van der Waals surface area contributed by atoms with Gasteiger partial charge in [-0.2, -0.15) is 0 Å².